The van der Waals surface area contributed by atoms with Crippen LogP contribution in [0.1, 0.15) is 11.1 Å². The average molecular weight is 478 g/mol. The van der Waals surface area contributed by atoms with Crippen molar-refractivity contribution in [3.05, 3.63) is 123 Å². The first-order valence-electron chi connectivity index (χ1n) is 10.0. The van der Waals surface area contributed by atoms with Gasteiger partial charge in [-0.1, -0.05) is 85.6 Å². The zero-order valence-electron chi connectivity index (χ0n) is 18.2. The third-order valence-corrected chi connectivity index (χ3v) is 6.16. The molecule has 0 spiro atoms. The Morgan fingerprint density at radius 3 is 1.29 bits per heavy atom. The Morgan fingerprint density at radius 1 is 0.452 bits per heavy atom. The minimum atomic E-state index is 0. The second kappa shape index (κ2) is 9.33. The Morgan fingerprint density at radius 2 is 0.839 bits per heavy atom. The topological polar surface area (TPSA) is 0 Å². The van der Waals surface area contributed by atoms with E-state index in [1.165, 1.54) is 54.2 Å². The van der Waals surface area contributed by atoms with Crippen molar-refractivity contribution in [2.45, 2.75) is 12.8 Å². The van der Waals surface area contributed by atoms with Crippen LogP contribution in [0.3, 0.4) is 0 Å². The molecule has 0 saturated heterocycles. The van der Waals surface area contributed by atoms with E-state index in [1.807, 2.05) is 0 Å². The van der Waals surface area contributed by atoms with Gasteiger partial charge in [0.15, 0.2) is 0 Å². The molecule has 0 radical (unpaired) electrons. The van der Waals surface area contributed by atoms with Gasteiger partial charge in [-0.05, 0) is 0 Å². The van der Waals surface area contributed by atoms with Gasteiger partial charge in [-0.3, -0.25) is 0 Å². The molecule has 0 bridgehead atoms. The summed E-state index contributed by atoms with van der Waals surface area (Å²) in [7, 11) is 0. The van der Waals surface area contributed by atoms with Crippen LogP contribution in [0, 0.1) is 14.9 Å². The van der Waals surface area contributed by atoms with Gasteiger partial charge in [-0.15, -0.1) is 78.5 Å². The number of benzene rings is 4. The van der Waals surface area contributed by atoms with Gasteiger partial charge >= 0.3 is 26.2 Å². The molecule has 0 amide bonds. The van der Waals surface area contributed by atoms with Gasteiger partial charge in [-0.25, -0.2) is 0 Å². The minimum Gasteiger partial charge on any atom is -0.358 e. The van der Waals surface area contributed by atoms with Gasteiger partial charge in [-0.2, -0.15) is 0 Å². The maximum atomic E-state index is 2.36. The smallest absolute Gasteiger partial charge is 0.358 e. The van der Waals surface area contributed by atoms with Crippen LogP contribution >= 0.6 is 0 Å². The van der Waals surface area contributed by atoms with Crippen LogP contribution in [-0.2, 0) is 39.0 Å². The zero-order valence-corrected chi connectivity index (χ0v) is 20.6. The molecule has 0 aliphatic heterocycles. The Kier molecular flexibility index (Phi) is 6.97. The largest absolute Gasteiger partial charge is 4.00 e. The number of hydrogen-bond acceptors (Lipinski definition) is 0. The van der Waals surface area contributed by atoms with E-state index in [9.17, 15) is 0 Å². The molecule has 0 aliphatic carbocycles. The van der Waals surface area contributed by atoms with Gasteiger partial charge < -0.3 is 14.9 Å². The molecular formula is C30H26Zr. The molecule has 0 atom stereocenters. The molecule has 0 heterocycles. The van der Waals surface area contributed by atoms with Crippen LogP contribution in [0.2, 0.25) is 0 Å². The SMILES string of the molecule is [CH3-].[CH3-].[Zr+4].c1ccc2c(c1)[cH-]c1c(CCc3cccc4c3[cH-]c3ccccc34)cccc12. The van der Waals surface area contributed by atoms with E-state index in [0.29, 0.717) is 0 Å². The van der Waals surface area contributed by atoms with E-state index >= 15 is 0 Å². The molecule has 31 heavy (non-hydrogen) atoms. The van der Waals surface area contributed by atoms with Crippen molar-refractivity contribution in [1.82, 2.24) is 0 Å². The van der Waals surface area contributed by atoms with Gasteiger partial charge in [0, 0.05) is 0 Å². The van der Waals surface area contributed by atoms with Gasteiger partial charge in [0.2, 0.25) is 0 Å². The monoisotopic (exact) mass is 476 g/mol. The van der Waals surface area contributed by atoms with Crippen molar-refractivity contribution in [2.75, 3.05) is 0 Å². The van der Waals surface area contributed by atoms with Crippen LogP contribution < -0.4 is 0 Å². The average Bonchev–Trinajstić information content (AvgIpc) is 3.31. The van der Waals surface area contributed by atoms with E-state index in [2.05, 4.69) is 97.1 Å². The molecule has 0 aromatic heterocycles. The van der Waals surface area contributed by atoms with E-state index < -0.39 is 0 Å². The van der Waals surface area contributed by atoms with E-state index in [4.69, 9.17) is 0 Å². The molecule has 1 heteroatoms. The first kappa shape index (κ1) is 23.2. The number of rotatable bonds is 3. The summed E-state index contributed by atoms with van der Waals surface area (Å²) in [6, 6.07) is 35.7. The van der Waals surface area contributed by atoms with Crippen molar-refractivity contribution in [1.29, 1.82) is 0 Å². The summed E-state index contributed by atoms with van der Waals surface area (Å²) < 4.78 is 0. The molecule has 150 valence electrons. The third-order valence-electron chi connectivity index (χ3n) is 6.16. The summed E-state index contributed by atoms with van der Waals surface area (Å²) in [5.74, 6) is 0. The number of aryl methyl sites for hydroxylation is 2. The maximum absolute atomic E-state index is 2.36. The predicted octanol–water partition coefficient (Wildman–Crippen LogP) is 8.42. The molecule has 0 nitrogen and oxygen atoms in total. The van der Waals surface area contributed by atoms with Crippen molar-refractivity contribution in [2.24, 2.45) is 0 Å². The summed E-state index contributed by atoms with van der Waals surface area (Å²) in [4.78, 5) is 0. The van der Waals surface area contributed by atoms with Crippen molar-refractivity contribution in [3.63, 3.8) is 0 Å². The van der Waals surface area contributed by atoms with Crippen LogP contribution in [0.15, 0.2) is 97.1 Å². The molecule has 0 fully saturated rings. The van der Waals surface area contributed by atoms with E-state index in [-0.39, 0.29) is 41.1 Å². The third kappa shape index (κ3) is 3.81. The molecule has 0 aliphatic rings. The van der Waals surface area contributed by atoms with E-state index in [1.54, 1.807) is 0 Å². The summed E-state index contributed by atoms with van der Waals surface area (Å²) in [5, 5.41) is 11.0. The van der Waals surface area contributed by atoms with Crippen molar-refractivity contribution in [3.8, 4) is 0 Å². The van der Waals surface area contributed by atoms with E-state index in [0.717, 1.165) is 12.8 Å². The predicted molar refractivity (Wildman–Crippen MR) is 134 cm³/mol. The van der Waals surface area contributed by atoms with Crippen LogP contribution in [0.4, 0.5) is 0 Å². The standard InChI is InChI=1S/C28H20.2CH3.Zr/c1-3-11-23-21(7-1)17-27-19(9-5-13-25(23)27)15-16-20-10-6-14-26-24-12-4-2-8-22(24)18-28(20)26;;;/h1-14,17-18H,15-16H2;2*1H3;/q-2;2*-1;+4. The van der Waals surface area contributed by atoms with Gasteiger partial charge in [0.05, 0.1) is 0 Å². The van der Waals surface area contributed by atoms with Crippen molar-refractivity contribution >= 4 is 43.1 Å². The molecule has 6 aromatic rings. The minimum absolute atomic E-state index is 0. The number of hydrogen-bond donors (Lipinski definition) is 0. The normalized spacial score (nSPS) is 10.7. The molecular weight excluding hydrogens is 452 g/mol. The Balaban J connectivity index is 0.000000907. The quantitative estimate of drug-likeness (QED) is 0.224. The second-order valence-corrected chi connectivity index (χ2v) is 7.72. The Hall–Kier alpha value is -2.50. The van der Waals surface area contributed by atoms with Crippen LogP contribution in [0.5, 0.6) is 0 Å². The fourth-order valence-corrected chi connectivity index (χ4v) is 4.79. The van der Waals surface area contributed by atoms with Crippen molar-refractivity contribution < 1.29 is 26.2 Å². The van der Waals surface area contributed by atoms with Gasteiger partial charge in [0.25, 0.3) is 0 Å². The van der Waals surface area contributed by atoms with Crippen LogP contribution in [0.25, 0.3) is 43.1 Å². The zero-order chi connectivity index (χ0) is 18.5. The summed E-state index contributed by atoms with van der Waals surface area (Å²) >= 11 is 0. The first-order valence-corrected chi connectivity index (χ1v) is 10.0. The molecule has 6 aromatic carbocycles. The Bertz CT molecular complexity index is 1350. The molecule has 6 rings (SSSR count). The summed E-state index contributed by atoms with van der Waals surface area (Å²) in [6.45, 7) is 0. The fourth-order valence-electron chi connectivity index (χ4n) is 4.79. The van der Waals surface area contributed by atoms with Crippen LogP contribution in [-0.4, -0.2) is 0 Å². The Labute approximate surface area is 204 Å². The molecule has 0 N–H and O–H groups in total. The molecule has 0 saturated carbocycles. The first-order chi connectivity index (χ1) is 13.9. The maximum Gasteiger partial charge on any atom is 4.00 e. The summed E-state index contributed by atoms with van der Waals surface area (Å²) in [6.07, 6.45) is 2.13. The summed E-state index contributed by atoms with van der Waals surface area (Å²) in [5.41, 5.74) is 2.89. The second-order valence-electron chi connectivity index (χ2n) is 7.72. The number of fused-ring (bicyclic) bond motifs is 6. The van der Waals surface area contributed by atoms with Gasteiger partial charge in [0.1, 0.15) is 0 Å². The molecule has 0 unspecified atom stereocenters. The fraction of sp³-hybridized carbons (Fsp3) is 0.0667.